The van der Waals surface area contributed by atoms with Crippen LogP contribution in [0.1, 0.15) is 136 Å². The average molecular weight is 2140 g/mol. The third-order valence-electron chi connectivity index (χ3n) is 27.6. The van der Waals surface area contributed by atoms with Crippen molar-refractivity contribution >= 4 is 148 Å². The monoisotopic (exact) mass is 2140 g/mol. The van der Waals surface area contributed by atoms with Crippen LogP contribution in [0.3, 0.4) is 0 Å². The van der Waals surface area contributed by atoms with Crippen LogP contribution < -0.4 is 46.0 Å². The van der Waals surface area contributed by atoms with Crippen molar-refractivity contribution in [3.05, 3.63) is 292 Å². The topological polar surface area (TPSA) is 466 Å². The molecule has 0 unspecified atom stereocenters. The number of alkyl carbamates (subject to hydrolysis) is 1. The third-order valence-corrected chi connectivity index (χ3v) is 32.9. The van der Waals surface area contributed by atoms with Crippen molar-refractivity contribution in [3.63, 3.8) is 0 Å². The molecule has 0 saturated carbocycles. The van der Waals surface area contributed by atoms with E-state index in [1.54, 1.807) is 127 Å². The van der Waals surface area contributed by atoms with Crippen molar-refractivity contribution < 1.29 is 125 Å². The number of fused-ring (bicyclic) bond motifs is 6. The molecule has 0 bridgehead atoms. The fourth-order valence-electron chi connectivity index (χ4n) is 19.9. The number of carbonyl (C=O) groups is 6. The summed E-state index contributed by atoms with van der Waals surface area (Å²) in [6.07, 6.45) is 10.6. The van der Waals surface area contributed by atoms with Crippen molar-refractivity contribution in [1.82, 2.24) is 30.9 Å². The number of nitrogens with zero attached hydrogens (tertiary/aromatic N) is 5. The van der Waals surface area contributed by atoms with E-state index in [1.807, 2.05) is 96.4 Å². The molecule has 5 aliphatic rings. The summed E-state index contributed by atoms with van der Waals surface area (Å²) in [5, 5.41) is 13.7. The maximum absolute atomic E-state index is 16.2. The molecule has 42 heteroatoms. The Balaban J connectivity index is 0.541. The predicted molar refractivity (Wildman–Crippen MR) is 546 cm³/mol. The fraction of sp³-hybridized carbons (Fsp3) is 0.308. The summed E-state index contributed by atoms with van der Waals surface area (Å²) >= 11 is 0. The van der Waals surface area contributed by atoms with E-state index in [2.05, 4.69) is 26.6 Å². The van der Waals surface area contributed by atoms with Crippen molar-refractivity contribution in [2.24, 2.45) is 5.92 Å². The van der Waals surface area contributed by atoms with Gasteiger partial charge in [-0.2, -0.15) is 34.5 Å². The first-order valence-electron chi connectivity index (χ1n) is 48.3. The highest BCUT2D eigenvalue weighted by atomic mass is 32.2. The van der Waals surface area contributed by atoms with Gasteiger partial charge in [0, 0.05) is 128 Å². The van der Waals surface area contributed by atoms with Gasteiger partial charge in [0.2, 0.25) is 45.1 Å². The molecule has 1 aromatic heterocycles. The number of amides is 5. The molecule has 1 fully saturated rings. The number of Topliss-reactive ketones (excluding diaryl/α,β-unsaturated/α-hetero) is 1. The molecular weight excluding hydrogens is 2030 g/mol. The van der Waals surface area contributed by atoms with Gasteiger partial charge in [-0.05, 0) is 210 Å². The number of allylic oxidation sites excluding steroid dienone is 6. The Morgan fingerprint density at radius 1 is 0.557 bits per heavy atom. The quantitative estimate of drug-likeness (QED) is 0.00274. The molecule has 5 amide bonds. The minimum Gasteiger partial charge on any atom is -0.744 e. The zero-order valence-corrected chi connectivity index (χ0v) is 85.7. The molecular formula is C107H108F4N10O23S5. The number of halogens is 4. The van der Waals surface area contributed by atoms with Gasteiger partial charge in [0.1, 0.15) is 51.6 Å². The highest BCUT2D eigenvalue weighted by Gasteiger charge is 2.46. The molecule has 2 atom stereocenters. The van der Waals surface area contributed by atoms with E-state index in [9.17, 15) is 80.6 Å². The molecule has 16 rings (SSSR count). The van der Waals surface area contributed by atoms with Crippen LogP contribution in [0.5, 0.6) is 5.75 Å². The summed E-state index contributed by atoms with van der Waals surface area (Å²) in [4.78, 5) is 87.6. The van der Waals surface area contributed by atoms with Crippen molar-refractivity contribution in [3.8, 4) is 16.9 Å². The Morgan fingerprint density at radius 3 is 1.74 bits per heavy atom. The second kappa shape index (κ2) is 44.5. The van der Waals surface area contributed by atoms with Crippen LogP contribution in [0.25, 0.3) is 33.1 Å². The van der Waals surface area contributed by atoms with Gasteiger partial charge in [-0.15, -0.1) is 0 Å². The molecule has 7 N–H and O–H groups in total. The lowest BCUT2D eigenvalue weighted by Gasteiger charge is -2.31. The third kappa shape index (κ3) is 23.7. The van der Waals surface area contributed by atoms with Gasteiger partial charge in [-0.25, -0.2) is 43.2 Å². The summed E-state index contributed by atoms with van der Waals surface area (Å²) in [7, 11) is -23.0. The van der Waals surface area contributed by atoms with E-state index in [0.29, 0.717) is 148 Å². The number of benzene rings is 10. The fourth-order valence-corrected chi connectivity index (χ4v) is 23.6. The van der Waals surface area contributed by atoms with E-state index in [0.717, 1.165) is 17.1 Å². The number of carbonyl (C=O) groups excluding carboxylic acids is 6. The molecule has 5 aliphatic heterocycles. The number of ether oxygens (including phenoxy) is 2. The number of hydrogen-bond acceptors (Lipinski definition) is 23. The van der Waals surface area contributed by atoms with Gasteiger partial charge in [0.15, 0.2) is 28.9 Å². The maximum atomic E-state index is 16.2. The molecule has 0 radical (unpaired) electrons. The van der Waals surface area contributed by atoms with Gasteiger partial charge >= 0.3 is 17.3 Å². The minimum absolute atomic E-state index is 0.00610. The maximum Gasteiger partial charge on any atom is 0.408 e. The van der Waals surface area contributed by atoms with Gasteiger partial charge in [0.05, 0.1) is 70.2 Å². The van der Waals surface area contributed by atoms with Gasteiger partial charge in [-0.1, -0.05) is 117 Å². The summed E-state index contributed by atoms with van der Waals surface area (Å²) in [6.45, 7) is 8.71. The van der Waals surface area contributed by atoms with E-state index < -0.39 is 163 Å². The number of unbranched alkanes of at least 4 members (excludes halogenated alkanes) is 3. The zero-order chi connectivity index (χ0) is 107. The first kappa shape index (κ1) is 108. The largest absolute Gasteiger partial charge is 0.744 e. The average Bonchev–Trinajstić information content (AvgIpc) is 1.70. The Hall–Kier alpha value is -14.0. The van der Waals surface area contributed by atoms with Crippen LogP contribution in [0.2, 0.25) is 0 Å². The van der Waals surface area contributed by atoms with E-state index in [4.69, 9.17) is 13.9 Å². The van der Waals surface area contributed by atoms with Crippen LogP contribution in [-0.4, -0.2) is 188 Å². The lowest BCUT2D eigenvalue weighted by molar-refractivity contribution is -0.433. The van der Waals surface area contributed by atoms with Crippen molar-refractivity contribution in [1.29, 1.82) is 0 Å². The van der Waals surface area contributed by atoms with E-state index in [-0.39, 0.29) is 107 Å². The minimum atomic E-state index is -4.76. The molecule has 10 aromatic carbocycles. The van der Waals surface area contributed by atoms with Crippen LogP contribution in [0.4, 0.5) is 56.5 Å². The van der Waals surface area contributed by atoms with Gasteiger partial charge < -0.3 is 59.9 Å². The highest BCUT2D eigenvalue weighted by molar-refractivity contribution is 7.89. The normalized spacial score (nSPS) is 15.9. The molecule has 782 valence electrons. The Bertz CT molecular complexity index is 7730. The molecule has 6 heterocycles. The lowest BCUT2D eigenvalue weighted by Crippen LogP contribution is -2.53. The molecule has 11 aromatic rings. The second-order valence-electron chi connectivity index (χ2n) is 37.9. The first-order valence-corrected chi connectivity index (χ1v) is 55.5. The highest BCUT2D eigenvalue weighted by Crippen LogP contribution is 2.51. The Labute approximate surface area is 859 Å². The number of nitrogens with one attached hydrogen (secondary N) is 5. The van der Waals surface area contributed by atoms with E-state index >= 15 is 26.0 Å². The lowest BCUT2D eigenvalue weighted by atomic mass is 9.81. The number of ketones is 1. The van der Waals surface area contributed by atoms with Crippen LogP contribution in [0, 0.1) is 29.2 Å². The van der Waals surface area contributed by atoms with Crippen LogP contribution in [0.15, 0.2) is 259 Å². The Kier molecular flexibility index (Phi) is 32.2. The zero-order valence-electron chi connectivity index (χ0n) is 81.6. The summed E-state index contributed by atoms with van der Waals surface area (Å²) in [5.74, 6) is -16.1. The molecule has 1 saturated heterocycles. The summed E-state index contributed by atoms with van der Waals surface area (Å²) in [6, 6.07) is 48.3. The number of anilines is 5. The Morgan fingerprint density at radius 2 is 1.12 bits per heavy atom. The van der Waals surface area contributed by atoms with Crippen molar-refractivity contribution in [2.75, 3.05) is 80.2 Å². The number of sulfonamides is 1. The molecule has 149 heavy (non-hydrogen) atoms. The standard InChI is InChI=1S/C107H108F4N10O23S5/c1-6-118-86-43-37-75(148(136,137)138)62-80(86)106(2,3)92(118)30-15-9-16-31-93-107(4,5)81-63-76(149(139,140)141)38-44-87(81)121(93)52-22-10-17-32-94(123)112-49-21-20-28-82(115-103(125)83(57-66-23-11-7-12-24-66)116-105(127)143-64-67-25-13-8-14-26-67)88(122)65-142-101-99(110)97(108)96(98(109)100(101)111)104(126)114-51-50-113-102(124)68-45-53-117(54-46-68)145(128,129)91-29-19-18-27-79(91)95-77-39-33-71(119-55-47-69-58-73(146(130,131)132)35-41-84(69)119)60-89(77)144-90-61-72(34-40-78(90)95)120-56-48-70-59-74(147(133,134)135)36-42-85(70)120/h7-9,11-16,18-19,23-27,29-31,33-44,58-63,68,82-83H,6,10,17,20-22,28,32,45-57,64-65H2,1-5H3,(H7-2,112,113,114,115,116,123,124,125,126,127,130,131,132,133,134,135,136,137,138,139,140,141)/t82-,83-/m0/s1. The van der Waals surface area contributed by atoms with Gasteiger partial charge in [-0.3, -0.25) is 33.1 Å². The second-order valence-corrected chi connectivity index (χ2v) is 45.4. The number of rotatable bonds is 40. The first-order chi connectivity index (χ1) is 70.8. The van der Waals surface area contributed by atoms with Crippen LogP contribution >= 0.6 is 0 Å². The van der Waals surface area contributed by atoms with Crippen LogP contribution in [-0.2, 0) is 111 Å². The van der Waals surface area contributed by atoms with E-state index in [1.165, 1.54) is 58.9 Å². The molecule has 0 aliphatic carbocycles. The van der Waals surface area contributed by atoms with Crippen molar-refractivity contribution in [2.45, 2.75) is 166 Å². The number of hydrogen-bond donors (Lipinski definition) is 7. The SMILES string of the molecule is CC[N+]1=C(/C=C/C=C/C=C2\N(CCCCCC(=O)NCCCC[C@H](NC(=O)[C@H](Cc3ccccc3)NC(=O)OCc3ccccc3)C(=O)COc3c(F)c(F)c(C(=O)NCCNC(=O)C4CCN(S(=O)(=O)c5ccccc5-c5c6ccc(N7CCc8cc(S(=O)(=O)[O-])ccc87)cc6[o+]c6cc(N7CCc8cc(S(=O)(=O)O)ccc87)ccc56)CC4)c(F)c3F)c3ccc(S(=O)(=O)O)cc3C2(C)C)C(C)(C)c2cc(S(=O)(=O)[O-])ccc21. The molecule has 33 nitrogen and oxygen atoms in total. The summed E-state index contributed by atoms with van der Waals surface area (Å²) < 4.78 is 257. The summed E-state index contributed by atoms with van der Waals surface area (Å²) in [5.41, 5.74) is 7.66. The molecule has 0 spiro atoms. The predicted octanol–water partition coefficient (Wildman–Crippen LogP) is 15.4. The number of piperidine rings is 1. The smallest absolute Gasteiger partial charge is 0.408 e. The van der Waals surface area contributed by atoms with Gasteiger partial charge in [0.25, 0.3) is 26.1 Å².